The first kappa shape index (κ1) is 26.2. The molecule has 1 saturated heterocycles. The van der Waals surface area contributed by atoms with Crippen LogP contribution in [0.5, 0.6) is 0 Å². The molecule has 0 atom stereocenters. The molecule has 2 aliphatic rings. The van der Waals surface area contributed by atoms with Gasteiger partial charge in [0.2, 0.25) is 10.0 Å². The predicted octanol–water partition coefficient (Wildman–Crippen LogP) is 5.08. The number of Topliss-reactive ketones (excluding diaryl/α,β-unsaturated/α-hetero) is 1. The maximum absolute atomic E-state index is 13.8. The molecule has 0 unspecified atom stereocenters. The minimum atomic E-state index is -3.93. The van der Waals surface area contributed by atoms with E-state index in [2.05, 4.69) is 29.2 Å². The lowest BCUT2D eigenvalue weighted by atomic mass is 9.98. The Hall–Kier alpha value is -4.08. The van der Waals surface area contributed by atoms with Crippen LogP contribution in [0, 0.1) is 0 Å². The largest absolute Gasteiger partial charge is 0.448 e. The average molecular weight is 556 g/mol. The van der Waals surface area contributed by atoms with Crippen molar-refractivity contribution in [3.05, 3.63) is 95.8 Å². The topological polar surface area (TPSA) is 96.9 Å². The molecule has 1 fully saturated rings. The molecule has 1 aliphatic carbocycles. The quantitative estimate of drug-likeness (QED) is 0.319. The van der Waals surface area contributed by atoms with E-state index in [1.807, 2.05) is 24.3 Å². The molecule has 1 aromatic heterocycles. The second-order valence-corrected chi connectivity index (χ2v) is 12.1. The van der Waals surface area contributed by atoms with Gasteiger partial charge in [-0.2, -0.15) is 4.31 Å². The normalized spacial score (nSPS) is 15.9. The number of aromatic nitrogens is 1. The molecule has 0 radical (unpaired) electrons. The number of sulfonamides is 1. The summed E-state index contributed by atoms with van der Waals surface area (Å²) >= 11 is 0. The summed E-state index contributed by atoms with van der Waals surface area (Å²) in [5.41, 5.74) is 4.91. The molecule has 2 heterocycles. The number of ketones is 1. The van der Waals surface area contributed by atoms with Gasteiger partial charge >= 0.3 is 6.09 Å². The van der Waals surface area contributed by atoms with Crippen LogP contribution in [0.4, 0.5) is 4.79 Å². The van der Waals surface area contributed by atoms with Crippen LogP contribution < -0.4 is 0 Å². The van der Waals surface area contributed by atoms with Crippen LogP contribution in [-0.4, -0.2) is 67.3 Å². The number of amides is 1. The molecule has 0 N–H and O–H groups in total. The first-order valence-corrected chi connectivity index (χ1v) is 14.8. The van der Waals surface area contributed by atoms with Gasteiger partial charge in [-0.15, -0.1) is 0 Å². The van der Waals surface area contributed by atoms with Crippen LogP contribution in [0.25, 0.3) is 21.9 Å². The van der Waals surface area contributed by atoms with Crippen molar-refractivity contribution in [3.63, 3.8) is 0 Å². The van der Waals surface area contributed by atoms with Gasteiger partial charge in [0.1, 0.15) is 6.61 Å². The van der Waals surface area contributed by atoms with E-state index < -0.39 is 16.1 Å². The summed E-state index contributed by atoms with van der Waals surface area (Å²) in [6.45, 7) is 2.60. The highest BCUT2D eigenvalue weighted by atomic mass is 32.2. The van der Waals surface area contributed by atoms with Crippen molar-refractivity contribution in [2.24, 2.45) is 0 Å². The van der Waals surface area contributed by atoms with Crippen molar-refractivity contribution in [2.45, 2.75) is 24.2 Å². The third-order valence-electron chi connectivity index (χ3n) is 7.79. The monoisotopic (exact) mass is 555 g/mol. The zero-order valence-corrected chi connectivity index (χ0v) is 22.9. The van der Waals surface area contributed by atoms with Crippen LogP contribution in [0.2, 0.25) is 0 Å². The number of hydrogen-bond acceptors (Lipinski definition) is 6. The first-order valence-electron chi connectivity index (χ1n) is 13.3. The Morgan fingerprint density at radius 3 is 2.33 bits per heavy atom. The Kier molecular flexibility index (Phi) is 6.85. The van der Waals surface area contributed by atoms with Crippen LogP contribution in [-0.2, 0) is 14.8 Å². The van der Waals surface area contributed by atoms with E-state index in [4.69, 9.17) is 4.74 Å². The van der Waals surface area contributed by atoms with Gasteiger partial charge in [-0.25, -0.2) is 13.2 Å². The van der Waals surface area contributed by atoms with E-state index in [0.29, 0.717) is 29.3 Å². The van der Waals surface area contributed by atoms with Crippen molar-refractivity contribution in [1.29, 1.82) is 0 Å². The molecular weight excluding hydrogens is 526 g/mol. The third-order valence-corrected chi connectivity index (χ3v) is 9.73. The molecule has 8 nitrogen and oxygen atoms in total. The van der Waals surface area contributed by atoms with Gasteiger partial charge in [-0.3, -0.25) is 9.78 Å². The van der Waals surface area contributed by atoms with E-state index in [0.717, 1.165) is 22.3 Å². The number of carbonyl (C=O) groups excluding carboxylic acids is 2. The minimum absolute atomic E-state index is 0.0449. The number of rotatable bonds is 5. The summed E-state index contributed by atoms with van der Waals surface area (Å²) in [4.78, 5) is 31.0. The average Bonchev–Trinajstić information content (AvgIpc) is 3.09. The number of nitrogens with zero attached hydrogens (tertiary/aromatic N) is 3. The fourth-order valence-corrected chi connectivity index (χ4v) is 7.44. The van der Waals surface area contributed by atoms with Gasteiger partial charge in [0.25, 0.3) is 0 Å². The molecule has 1 amide bonds. The molecule has 9 heteroatoms. The molecule has 3 aromatic carbocycles. The highest BCUT2D eigenvalue weighted by molar-refractivity contribution is 7.89. The van der Waals surface area contributed by atoms with E-state index in [-0.39, 0.29) is 42.8 Å². The summed E-state index contributed by atoms with van der Waals surface area (Å²) in [5.74, 6) is -0.268. The molecule has 0 saturated carbocycles. The van der Waals surface area contributed by atoms with Gasteiger partial charge in [0.05, 0.1) is 4.90 Å². The molecule has 4 aromatic rings. The number of carbonyl (C=O) groups is 2. The second-order valence-electron chi connectivity index (χ2n) is 10.2. The van der Waals surface area contributed by atoms with E-state index in [1.54, 1.807) is 23.2 Å². The zero-order chi connectivity index (χ0) is 27.9. The lowest BCUT2D eigenvalue weighted by Crippen LogP contribution is -2.38. The van der Waals surface area contributed by atoms with Crippen molar-refractivity contribution < 1.29 is 22.7 Å². The van der Waals surface area contributed by atoms with Crippen molar-refractivity contribution in [3.8, 4) is 11.1 Å². The number of ether oxygens (including phenoxy) is 1. The standard InChI is InChI=1S/C31H29N3O5S/c1-21(35)22-17-23-19-32-12-11-24(23)30(18-22)40(37,38)34-14-6-13-33(15-16-34)31(36)39-20-29-27-9-4-2-7-25(27)26-8-3-5-10-28(26)29/h2-5,7-12,17-19,29H,6,13-16,20H2,1H3. The number of fused-ring (bicyclic) bond motifs is 4. The van der Waals surface area contributed by atoms with E-state index in [1.165, 1.54) is 23.5 Å². The zero-order valence-electron chi connectivity index (χ0n) is 22.1. The Morgan fingerprint density at radius 2 is 1.62 bits per heavy atom. The molecule has 1 aliphatic heterocycles. The summed E-state index contributed by atoms with van der Waals surface area (Å²) in [5, 5.41) is 1.10. The maximum atomic E-state index is 13.8. The maximum Gasteiger partial charge on any atom is 0.409 e. The van der Waals surface area contributed by atoms with Crippen LogP contribution >= 0.6 is 0 Å². The van der Waals surface area contributed by atoms with Gasteiger partial charge < -0.3 is 9.64 Å². The number of pyridine rings is 1. The fourth-order valence-electron chi connectivity index (χ4n) is 5.73. The van der Waals surface area contributed by atoms with Gasteiger partial charge in [-0.05, 0) is 53.8 Å². The van der Waals surface area contributed by atoms with Crippen molar-refractivity contribution >= 4 is 32.7 Å². The molecule has 0 bridgehead atoms. The summed E-state index contributed by atoms with van der Waals surface area (Å²) < 4.78 is 34.8. The fraction of sp³-hybridized carbons (Fsp3) is 0.258. The Labute approximate surface area is 233 Å². The van der Waals surface area contributed by atoms with Crippen molar-refractivity contribution in [2.75, 3.05) is 32.8 Å². The van der Waals surface area contributed by atoms with Gasteiger partial charge in [0.15, 0.2) is 5.78 Å². The van der Waals surface area contributed by atoms with Crippen LogP contribution in [0.15, 0.2) is 84.0 Å². The van der Waals surface area contributed by atoms with Crippen molar-refractivity contribution in [1.82, 2.24) is 14.2 Å². The number of benzene rings is 3. The first-order chi connectivity index (χ1) is 19.3. The van der Waals surface area contributed by atoms with Crippen LogP contribution in [0.3, 0.4) is 0 Å². The smallest absolute Gasteiger partial charge is 0.409 e. The summed E-state index contributed by atoms with van der Waals surface area (Å²) in [6, 6.07) is 21.1. The summed E-state index contributed by atoms with van der Waals surface area (Å²) in [6.07, 6.45) is 3.12. The summed E-state index contributed by atoms with van der Waals surface area (Å²) in [7, 11) is -3.93. The van der Waals surface area contributed by atoms with E-state index >= 15 is 0 Å². The number of hydrogen-bond donors (Lipinski definition) is 0. The predicted molar refractivity (Wildman–Crippen MR) is 152 cm³/mol. The van der Waals surface area contributed by atoms with Gasteiger partial charge in [-0.1, -0.05) is 48.5 Å². The second kappa shape index (κ2) is 10.5. The highest BCUT2D eigenvalue weighted by Gasteiger charge is 2.32. The Balaban J connectivity index is 1.17. The highest BCUT2D eigenvalue weighted by Crippen LogP contribution is 2.44. The molecule has 204 valence electrons. The molecule has 6 rings (SSSR count). The van der Waals surface area contributed by atoms with E-state index in [9.17, 15) is 18.0 Å². The van der Waals surface area contributed by atoms with Gasteiger partial charge in [0, 0.05) is 60.8 Å². The molecular formula is C31H29N3O5S. The third kappa shape index (κ3) is 4.65. The Bertz CT molecular complexity index is 1690. The lowest BCUT2D eigenvalue weighted by molar-refractivity contribution is 0.101. The lowest BCUT2D eigenvalue weighted by Gasteiger charge is -2.23. The molecule has 0 spiro atoms. The SMILES string of the molecule is CC(=O)c1cc(S(=O)(=O)N2CCCN(C(=O)OCC3c4ccccc4-c4ccccc43)CC2)c2ccncc2c1. The minimum Gasteiger partial charge on any atom is -0.448 e. The van der Waals surface area contributed by atoms with Crippen LogP contribution in [0.1, 0.15) is 40.7 Å². The molecule has 40 heavy (non-hydrogen) atoms. The Morgan fingerprint density at radius 1 is 0.925 bits per heavy atom.